The molecule has 2 heteroatoms. The average Bonchev–Trinajstić information content (AvgIpc) is 1.87. The minimum atomic E-state index is 0.296. The van der Waals surface area contributed by atoms with Gasteiger partial charge in [-0.05, 0) is 26.9 Å². The topological polar surface area (TPSA) is 27.1 Å². The fraction of sp³-hybridized carbons (Fsp3) is 0.857. The highest BCUT2D eigenvalue weighted by atomic mass is 15.1. The summed E-state index contributed by atoms with van der Waals surface area (Å²) in [6.07, 6.45) is 2.63. The lowest BCUT2D eigenvalue weighted by atomic mass is 10.3. The zero-order valence-corrected chi connectivity index (χ0v) is 6.52. The molecule has 0 radical (unpaired) electrons. The summed E-state index contributed by atoms with van der Waals surface area (Å²) in [4.78, 5) is 2.16. The van der Waals surface area contributed by atoms with E-state index in [0.29, 0.717) is 6.04 Å². The molecule has 0 aromatic heterocycles. The van der Waals surface area contributed by atoms with E-state index in [2.05, 4.69) is 11.8 Å². The summed E-state index contributed by atoms with van der Waals surface area (Å²) in [6.45, 7) is 5.26. The highest BCUT2D eigenvalue weighted by Gasteiger charge is 2.01. The Labute approximate surface area is 57.4 Å². The number of hydrogen-bond donors (Lipinski definition) is 1. The quantitative estimate of drug-likeness (QED) is 0.569. The summed E-state index contributed by atoms with van der Waals surface area (Å²) in [7, 11) is 2.04. The third kappa shape index (κ3) is 3.25. The molecule has 0 bridgehead atoms. The zero-order valence-electron chi connectivity index (χ0n) is 6.52. The summed E-state index contributed by atoms with van der Waals surface area (Å²) in [5, 5.41) is 6.95. The molecular weight excluding hydrogens is 112 g/mol. The Kier molecular flexibility index (Phi) is 4.32. The van der Waals surface area contributed by atoms with Gasteiger partial charge in [0, 0.05) is 12.3 Å². The largest absolute Gasteiger partial charge is 0.311 e. The van der Waals surface area contributed by atoms with E-state index >= 15 is 0 Å². The van der Waals surface area contributed by atoms with E-state index in [9.17, 15) is 0 Å². The van der Waals surface area contributed by atoms with E-state index in [4.69, 9.17) is 5.41 Å². The zero-order chi connectivity index (χ0) is 7.28. The standard InChI is InChI=1S/C7H16N2/c1-4-5-9(3)7(2)6-8/h6-8H,4-5H2,1-3H3. The van der Waals surface area contributed by atoms with Crippen molar-refractivity contribution in [3.05, 3.63) is 0 Å². The third-order valence-electron chi connectivity index (χ3n) is 1.51. The van der Waals surface area contributed by atoms with Gasteiger partial charge < -0.3 is 5.41 Å². The van der Waals surface area contributed by atoms with Gasteiger partial charge >= 0.3 is 0 Å². The van der Waals surface area contributed by atoms with Gasteiger partial charge in [0.2, 0.25) is 0 Å². The molecule has 0 saturated carbocycles. The van der Waals surface area contributed by atoms with Crippen LogP contribution in [0, 0.1) is 5.41 Å². The lowest BCUT2D eigenvalue weighted by Crippen LogP contribution is -2.30. The normalized spacial score (nSPS) is 13.8. The van der Waals surface area contributed by atoms with Crippen LogP contribution in [0.25, 0.3) is 0 Å². The minimum absolute atomic E-state index is 0.296. The van der Waals surface area contributed by atoms with Crippen LogP contribution in [0.5, 0.6) is 0 Å². The molecule has 2 nitrogen and oxygen atoms in total. The molecule has 0 spiro atoms. The van der Waals surface area contributed by atoms with Crippen LogP contribution in [0.2, 0.25) is 0 Å². The van der Waals surface area contributed by atoms with Gasteiger partial charge in [0.1, 0.15) is 0 Å². The van der Waals surface area contributed by atoms with E-state index in [0.717, 1.165) is 13.0 Å². The molecule has 0 aromatic rings. The maximum Gasteiger partial charge on any atom is 0.0412 e. The van der Waals surface area contributed by atoms with E-state index in [1.54, 1.807) is 0 Å². The molecule has 1 atom stereocenters. The Bertz CT molecular complexity index is 81.0. The molecular formula is C7H16N2. The highest BCUT2D eigenvalue weighted by molar-refractivity contribution is 5.59. The summed E-state index contributed by atoms with van der Waals surface area (Å²) < 4.78 is 0. The van der Waals surface area contributed by atoms with Gasteiger partial charge in [-0.15, -0.1) is 0 Å². The van der Waals surface area contributed by atoms with Crippen molar-refractivity contribution in [2.75, 3.05) is 13.6 Å². The maximum absolute atomic E-state index is 6.95. The van der Waals surface area contributed by atoms with E-state index in [1.165, 1.54) is 6.21 Å². The lowest BCUT2D eigenvalue weighted by Gasteiger charge is -2.19. The monoisotopic (exact) mass is 128 g/mol. The third-order valence-corrected chi connectivity index (χ3v) is 1.51. The Hall–Kier alpha value is -0.370. The van der Waals surface area contributed by atoms with Crippen molar-refractivity contribution in [3.63, 3.8) is 0 Å². The van der Waals surface area contributed by atoms with Crippen molar-refractivity contribution < 1.29 is 0 Å². The van der Waals surface area contributed by atoms with Gasteiger partial charge in [0.25, 0.3) is 0 Å². The SMILES string of the molecule is CCCN(C)C(C)C=N. The lowest BCUT2D eigenvalue weighted by molar-refractivity contribution is 0.315. The maximum atomic E-state index is 6.95. The van der Waals surface area contributed by atoms with E-state index in [-0.39, 0.29) is 0 Å². The molecule has 0 rings (SSSR count). The Morgan fingerprint density at radius 2 is 2.22 bits per heavy atom. The molecule has 0 aliphatic heterocycles. The van der Waals surface area contributed by atoms with Crippen molar-refractivity contribution in [3.8, 4) is 0 Å². The summed E-state index contributed by atoms with van der Waals surface area (Å²) in [6, 6.07) is 0.296. The van der Waals surface area contributed by atoms with Crippen LogP contribution >= 0.6 is 0 Å². The summed E-state index contributed by atoms with van der Waals surface area (Å²) >= 11 is 0. The van der Waals surface area contributed by atoms with E-state index in [1.807, 2.05) is 14.0 Å². The van der Waals surface area contributed by atoms with Crippen molar-refractivity contribution >= 4 is 6.21 Å². The Morgan fingerprint density at radius 3 is 2.56 bits per heavy atom. The fourth-order valence-electron chi connectivity index (χ4n) is 0.684. The van der Waals surface area contributed by atoms with Crippen molar-refractivity contribution in [2.45, 2.75) is 26.3 Å². The molecule has 0 heterocycles. The molecule has 0 fully saturated rings. The first-order chi connectivity index (χ1) is 4.22. The Morgan fingerprint density at radius 1 is 1.67 bits per heavy atom. The van der Waals surface area contributed by atoms with Crippen LogP contribution in [0.15, 0.2) is 0 Å². The van der Waals surface area contributed by atoms with Crippen LogP contribution in [0.3, 0.4) is 0 Å². The van der Waals surface area contributed by atoms with Crippen molar-refractivity contribution in [2.24, 2.45) is 0 Å². The number of nitrogens with one attached hydrogen (secondary N) is 1. The molecule has 0 saturated heterocycles. The van der Waals surface area contributed by atoms with Crippen LogP contribution in [-0.2, 0) is 0 Å². The minimum Gasteiger partial charge on any atom is -0.311 e. The first-order valence-corrected chi connectivity index (χ1v) is 3.43. The molecule has 9 heavy (non-hydrogen) atoms. The smallest absolute Gasteiger partial charge is 0.0412 e. The summed E-state index contributed by atoms with van der Waals surface area (Å²) in [5.74, 6) is 0. The predicted molar refractivity (Wildman–Crippen MR) is 41.2 cm³/mol. The predicted octanol–water partition coefficient (Wildman–Crippen LogP) is 1.37. The van der Waals surface area contributed by atoms with Crippen LogP contribution < -0.4 is 0 Å². The Balaban J connectivity index is 3.44. The summed E-state index contributed by atoms with van der Waals surface area (Å²) in [5.41, 5.74) is 0. The van der Waals surface area contributed by atoms with Gasteiger partial charge in [-0.25, -0.2) is 0 Å². The van der Waals surface area contributed by atoms with Gasteiger partial charge in [0.05, 0.1) is 0 Å². The van der Waals surface area contributed by atoms with Gasteiger partial charge in [0.15, 0.2) is 0 Å². The number of nitrogens with zero attached hydrogens (tertiary/aromatic N) is 1. The van der Waals surface area contributed by atoms with E-state index < -0.39 is 0 Å². The van der Waals surface area contributed by atoms with Crippen molar-refractivity contribution in [1.82, 2.24) is 4.90 Å². The van der Waals surface area contributed by atoms with Gasteiger partial charge in [-0.3, -0.25) is 4.90 Å². The second-order valence-electron chi connectivity index (χ2n) is 2.39. The first-order valence-electron chi connectivity index (χ1n) is 3.43. The first kappa shape index (κ1) is 8.63. The van der Waals surface area contributed by atoms with Gasteiger partial charge in [-0.1, -0.05) is 6.92 Å². The second kappa shape index (κ2) is 4.50. The number of hydrogen-bond acceptors (Lipinski definition) is 2. The fourth-order valence-corrected chi connectivity index (χ4v) is 0.684. The van der Waals surface area contributed by atoms with Crippen molar-refractivity contribution in [1.29, 1.82) is 5.41 Å². The van der Waals surface area contributed by atoms with Gasteiger partial charge in [-0.2, -0.15) is 0 Å². The molecule has 0 aliphatic rings. The van der Waals surface area contributed by atoms with Crippen LogP contribution in [0.1, 0.15) is 20.3 Å². The molecule has 0 amide bonds. The molecule has 1 N–H and O–H groups in total. The molecule has 54 valence electrons. The number of rotatable bonds is 4. The molecule has 1 unspecified atom stereocenters. The average molecular weight is 128 g/mol. The van der Waals surface area contributed by atoms with Crippen LogP contribution in [-0.4, -0.2) is 30.7 Å². The second-order valence-corrected chi connectivity index (χ2v) is 2.39. The molecule has 0 aromatic carbocycles. The molecule has 0 aliphatic carbocycles. The highest BCUT2D eigenvalue weighted by Crippen LogP contribution is 1.91. The van der Waals surface area contributed by atoms with Crippen LogP contribution in [0.4, 0.5) is 0 Å².